The number of para-hydroxylation sites is 1. The van der Waals surface area contributed by atoms with Crippen LogP contribution in [-0.4, -0.2) is 28.9 Å². The van der Waals surface area contributed by atoms with Gasteiger partial charge in [0, 0.05) is 29.7 Å². The van der Waals surface area contributed by atoms with Crippen LogP contribution in [0.1, 0.15) is 23.7 Å². The Morgan fingerprint density at radius 3 is 2.55 bits per heavy atom. The first-order chi connectivity index (χ1) is 10.7. The van der Waals surface area contributed by atoms with E-state index in [1.54, 1.807) is 29.4 Å². The number of aromatic nitrogens is 1. The van der Waals surface area contributed by atoms with Gasteiger partial charge in [0.25, 0.3) is 5.91 Å². The van der Waals surface area contributed by atoms with E-state index in [9.17, 15) is 9.59 Å². The predicted molar refractivity (Wildman–Crippen MR) is 83.5 cm³/mol. The Hall–Kier alpha value is -2.69. The standard InChI is InChI=1S/C17H17N3O2/c1-12-11-15(19-16(21)13-7-9-18-10-8-13)17(22)20(12)14-5-3-2-4-6-14/h2-10,12,15H,11H2,1H3,(H,19,21)/t12-,15-/m1/s1. The van der Waals surface area contributed by atoms with Crippen LogP contribution in [0.15, 0.2) is 54.9 Å². The molecule has 1 aromatic carbocycles. The molecule has 1 aromatic heterocycles. The first kappa shape index (κ1) is 14.3. The minimum Gasteiger partial charge on any atom is -0.340 e. The van der Waals surface area contributed by atoms with Crippen LogP contribution < -0.4 is 10.2 Å². The maximum absolute atomic E-state index is 12.6. The van der Waals surface area contributed by atoms with E-state index in [1.807, 2.05) is 37.3 Å². The highest BCUT2D eigenvalue weighted by atomic mass is 16.2. The van der Waals surface area contributed by atoms with Gasteiger partial charge in [-0.2, -0.15) is 0 Å². The molecule has 1 aliphatic rings. The van der Waals surface area contributed by atoms with Crippen molar-refractivity contribution in [2.45, 2.75) is 25.4 Å². The zero-order chi connectivity index (χ0) is 15.5. The summed E-state index contributed by atoms with van der Waals surface area (Å²) in [6.07, 6.45) is 3.72. The maximum atomic E-state index is 12.6. The van der Waals surface area contributed by atoms with Crippen LogP contribution in [0.3, 0.4) is 0 Å². The Morgan fingerprint density at radius 1 is 1.18 bits per heavy atom. The molecule has 2 aromatic rings. The molecular formula is C17H17N3O2. The third kappa shape index (κ3) is 2.70. The van der Waals surface area contributed by atoms with Gasteiger partial charge in [0.1, 0.15) is 6.04 Å². The lowest BCUT2D eigenvalue weighted by atomic mass is 10.1. The molecule has 1 fully saturated rings. The smallest absolute Gasteiger partial charge is 0.252 e. The Morgan fingerprint density at radius 2 is 1.86 bits per heavy atom. The van der Waals surface area contributed by atoms with Gasteiger partial charge < -0.3 is 10.2 Å². The fourth-order valence-electron chi connectivity index (χ4n) is 2.77. The second kappa shape index (κ2) is 5.97. The molecule has 1 N–H and O–H groups in total. The number of nitrogens with one attached hydrogen (secondary N) is 1. The summed E-state index contributed by atoms with van der Waals surface area (Å²) in [5, 5.41) is 2.82. The van der Waals surface area contributed by atoms with E-state index in [-0.39, 0.29) is 17.9 Å². The van der Waals surface area contributed by atoms with Gasteiger partial charge in [0.2, 0.25) is 5.91 Å². The number of hydrogen-bond acceptors (Lipinski definition) is 3. The molecule has 3 rings (SSSR count). The Labute approximate surface area is 129 Å². The molecule has 0 aliphatic carbocycles. The van der Waals surface area contributed by atoms with E-state index in [0.717, 1.165) is 5.69 Å². The molecule has 0 bridgehead atoms. The van der Waals surface area contributed by atoms with E-state index in [1.165, 1.54) is 0 Å². The lowest BCUT2D eigenvalue weighted by Gasteiger charge is -2.21. The Balaban J connectivity index is 1.74. The van der Waals surface area contributed by atoms with Gasteiger partial charge in [-0.15, -0.1) is 0 Å². The number of nitrogens with zero attached hydrogens (tertiary/aromatic N) is 2. The van der Waals surface area contributed by atoms with Crippen molar-refractivity contribution in [3.05, 3.63) is 60.4 Å². The lowest BCUT2D eigenvalue weighted by Crippen LogP contribution is -2.41. The summed E-state index contributed by atoms with van der Waals surface area (Å²) in [5.41, 5.74) is 1.37. The molecule has 1 aliphatic heterocycles. The summed E-state index contributed by atoms with van der Waals surface area (Å²) < 4.78 is 0. The summed E-state index contributed by atoms with van der Waals surface area (Å²) in [6.45, 7) is 1.99. The number of anilines is 1. The van der Waals surface area contributed by atoms with E-state index < -0.39 is 6.04 Å². The average Bonchev–Trinajstić information content (AvgIpc) is 2.83. The molecule has 22 heavy (non-hydrogen) atoms. The number of carbonyl (C=O) groups excluding carboxylic acids is 2. The van der Waals surface area contributed by atoms with Crippen LogP contribution in [-0.2, 0) is 4.79 Å². The molecule has 2 amide bonds. The van der Waals surface area contributed by atoms with Crippen molar-refractivity contribution in [1.29, 1.82) is 0 Å². The van der Waals surface area contributed by atoms with Crippen LogP contribution in [0.2, 0.25) is 0 Å². The summed E-state index contributed by atoms with van der Waals surface area (Å²) >= 11 is 0. The topological polar surface area (TPSA) is 62.3 Å². The second-order valence-electron chi connectivity index (χ2n) is 5.39. The van der Waals surface area contributed by atoms with Gasteiger partial charge in [-0.05, 0) is 37.6 Å². The Kier molecular flexibility index (Phi) is 3.87. The average molecular weight is 295 g/mol. The van der Waals surface area contributed by atoms with E-state index in [4.69, 9.17) is 0 Å². The van der Waals surface area contributed by atoms with Gasteiger partial charge in [-0.25, -0.2) is 0 Å². The summed E-state index contributed by atoms with van der Waals surface area (Å²) in [4.78, 5) is 30.4. The first-order valence-electron chi connectivity index (χ1n) is 7.26. The monoisotopic (exact) mass is 295 g/mol. The Bertz CT molecular complexity index is 673. The molecule has 0 radical (unpaired) electrons. The fourth-order valence-corrected chi connectivity index (χ4v) is 2.77. The third-order valence-corrected chi connectivity index (χ3v) is 3.84. The van der Waals surface area contributed by atoms with Crippen LogP contribution in [0.4, 0.5) is 5.69 Å². The van der Waals surface area contributed by atoms with E-state index in [2.05, 4.69) is 10.3 Å². The highest BCUT2D eigenvalue weighted by Crippen LogP contribution is 2.26. The number of pyridine rings is 1. The van der Waals surface area contributed by atoms with Crippen molar-refractivity contribution in [3.8, 4) is 0 Å². The number of carbonyl (C=O) groups is 2. The molecule has 0 spiro atoms. The lowest BCUT2D eigenvalue weighted by molar-refractivity contribution is -0.118. The van der Waals surface area contributed by atoms with Crippen molar-refractivity contribution < 1.29 is 9.59 Å². The molecule has 1 saturated heterocycles. The summed E-state index contributed by atoms with van der Waals surface area (Å²) in [6, 6.07) is 12.4. The third-order valence-electron chi connectivity index (χ3n) is 3.84. The zero-order valence-corrected chi connectivity index (χ0v) is 12.3. The second-order valence-corrected chi connectivity index (χ2v) is 5.39. The minimum atomic E-state index is -0.490. The minimum absolute atomic E-state index is 0.0534. The van der Waals surface area contributed by atoms with Crippen LogP contribution in [0.5, 0.6) is 0 Å². The molecule has 112 valence electrons. The number of benzene rings is 1. The van der Waals surface area contributed by atoms with E-state index >= 15 is 0 Å². The van der Waals surface area contributed by atoms with Crippen molar-refractivity contribution in [3.63, 3.8) is 0 Å². The normalized spacial score (nSPS) is 21.0. The van der Waals surface area contributed by atoms with Gasteiger partial charge >= 0.3 is 0 Å². The summed E-state index contributed by atoms with van der Waals surface area (Å²) in [5.74, 6) is -0.316. The SMILES string of the molecule is C[C@@H]1C[C@@H](NC(=O)c2ccncc2)C(=O)N1c1ccccc1. The number of amides is 2. The molecule has 5 heteroatoms. The van der Waals surface area contributed by atoms with Crippen molar-refractivity contribution in [2.75, 3.05) is 4.90 Å². The van der Waals surface area contributed by atoms with Gasteiger partial charge in [0.05, 0.1) is 0 Å². The highest BCUT2D eigenvalue weighted by molar-refractivity contribution is 6.04. The van der Waals surface area contributed by atoms with Gasteiger partial charge in [0.15, 0.2) is 0 Å². The van der Waals surface area contributed by atoms with Crippen molar-refractivity contribution in [1.82, 2.24) is 10.3 Å². The molecule has 2 heterocycles. The van der Waals surface area contributed by atoms with Crippen LogP contribution in [0.25, 0.3) is 0 Å². The van der Waals surface area contributed by atoms with Gasteiger partial charge in [-0.1, -0.05) is 18.2 Å². The summed E-state index contributed by atoms with van der Waals surface area (Å²) in [7, 11) is 0. The molecule has 0 unspecified atom stereocenters. The van der Waals surface area contributed by atoms with Gasteiger partial charge in [-0.3, -0.25) is 14.6 Å². The fraction of sp³-hybridized carbons (Fsp3) is 0.235. The quantitative estimate of drug-likeness (QED) is 0.942. The number of hydrogen-bond donors (Lipinski definition) is 1. The van der Waals surface area contributed by atoms with Crippen LogP contribution in [0, 0.1) is 0 Å². The zero-order valence-electron chi connectivity index (χ0n) is 12.3. The largest absolute Gasteiger partial charge is 0.340 e. The predicted octanol–water partition coefficient (Wildman–Crippen LogP) is 2.01. The molecule has 5 nitrogen and oxygen atoms in total. The highest BCUT2D eigenvalue weighted by Gasteiger charge is 2.38. The maximum Gasteiger partial charge on any atom is 0.252 e. The first-order valence-corrected chi connectivity index (χ1v) is 7.26. The molecule has 2 atom stereocenters. The molecule has 0 saturated carbocycles. The van der Waals surface area contributed by atoms with Crippen molar-refractivity contribution >= 4 is 17.5 Å². The molecular weight excluding hydrogens is 278 g/mol. The van der Waals surface area contributed by atoms with E-state index in [0.29, 0.717) is 12.0 Å². The van der Waals surface area contributed by atoms with Crippen molar-refractivity contribution in [2.24, 2.45) is 0 Å². The van der Waals surface area contributed by atoms with Crippen LogP contribution >= 0.6 is 0 Å². The number of rotatable bonds is 3.